The fourth-order valence-electron chi connectivity index (χ4n) is 2.36. The second kappa shape index (κ2) is 3.84. The summed E-state index contributed by atoms with van der Waals surface area (Å²) in [6, 6.07) is 8.58. The molecule has 0 aliphatic heterocycles. The van der Waals surface area contributed by atoms with Crippen molar-refractivity contribution in [3.05, 3.63) is 34.9 Å². The maximum absolute atomic E-state index is 9.05. The number of rotatable bonds is 1. The van der Waals surface area contributed by atoms with E-state index in [4.69, 9.17) is 5.26 Å². The summed E-state index contributed by atoms with van der Waals surface area (Å²) in [7, 11) is 0. The maximum atomic E-state index is 9.05. The summed E-state index contributed by atoms with van der Waals surface area (Å²) in [6.07, 6.45) is 5.17. The van der Waals surface area contributed by atoms with Gasteiger partial charge < -0.3 is 0 Å². The monoisotopic (exact) mass is 185 g/mol. The Balaban J connectivity index is 2.37. The highest BCUT2D eigenvalue weighted by Crippen LogP contribution is 2.35. The Kier molecular flexibility index (Phi) is 2.54. The van der Waals surface area contributed by atoms with Crippen LogP contribution in [-0.4, -0.2) is 0 Å². The molecule has 14 heavy (non-hydrogen) atoms. The molecule has 2 rings (SSSR count). The molecule has 1 fully saturated rings. The molecule has 72 valence electrons. The third-order valence-electron chi connectivity index (χ3n) is 3.12. The van der Waals surface area contributed by atoms with Gasteiger partial charge in [-0.05, 0) is 42.9 Å². The van der Waals surface area contributed by atoms with Crippen molar-refractivity contribution in [2.45, 2.75) is 38.5 Å². The Labute approximate surface area is 85.4 Å². The van der Waals surface area contributed by atoms with Crippen molar-refractivity contribution in [2.75, 3.05) is 0 Å². The van der Waals surface area contributed by atoms with Gasteiger partial charge in [0, 0.05) is 0 Å². The number of hydrogen-bond donors (Lipinski definition) is 0. The Morgan fingerprint density at radius 2 is 2.00 bits per heavy atom. The summed E-state index contributed by atoms with van der Waals surface area (Å²) < 4.78 is 0. The van der Waals surface area contributed by atoms with Gasteiger partial charge in [-0.3, -0.25) is 0 Å². The Morgan fingerprint density at radius 1 is 1.29 bits per heavy atom. The molecule has 1 aromatic carbocycles. The number of nitriles is 1. The summed E-state index contributed by atoms with van der Waals surface area (Å²) in [5.41, 5.74) is 3.34. The molecule has 1 aliphatic rings. The SMILES string of the molecule is Cc1ccc(C2CCCC2)c(C#N)c1. The van der Waals surface area contributed by atoms with Crippen molar-refractivity contribution in [1.82, 2.24) is 0 Å². The summed E-state index contributed by atoms with van der Waals surface area (Å²) in [6.45, 7) is 2.04. The van der Waals surface area contributed by atoms with Gasteiger partial charge in [0.1, 0.15) is 0 Å². The lowest BCUT2D eigenvalue weighted by Crippen LogP contribution is -1.96. The van der Waals surface area contributed by atoms with E-state index in [9.17, 15) is 0 Å². The van der Waals surface area contributed by atoms with Crippen molar-refractivity contribution >= 4 is 0 Å². The summed E-state index contributed by atoms with van der Waals surface area (Å²) in [5.74, 6) is 0.644. The largest absolute Gasteiger partial charge is 0.192 e. The summed E-state index contributed by atoms with van der Waals surface area (Å²) >= 11 is 0. The van der Waals surface area contributed by atoms with Crippen LogP contribution in [0, 0.1) is 18.3 Å². The van der Waals surface area contributed by atoms with E-state index in [2.05, 4.69) is 18.2 Å². The third kappa shape index (κ3) is 1.65. The van der Waals surface area contributed by atoms with Crippen molar-refractivity contribution in [3.63, 3.8) is 0 Å². The number of nitrogens with zero attached hydrogens (tertiary/aromatic N) is 1. The minimum Gasteiger partial charge on any atom is -0.192 e. The number of benzene rings is 1. The molecule has 1 aliphatic carbocycles. The standard InChI is InChI=1S/C13H15N/c1-10-6-7-13(12(8-10)9-14)11-4-2-3-5-11/h6-8,11H,2-5H2,1H3. The van der Waals surface area contributed by atoms with Crippen LogP contribution in [0.25, 0.3) is 0 Å². The quantitative estimate of drug-likeness (QED) is 0.656. The fourth-order valence-corrected chi connectivity index (χ4v) is 2.36. The normalized spacial score (nSPS) is 16.9. The molecule has 0 N–H and O–H groups in total. The molecule has 0 radical (unpaired) electrons. The van der Waals surface area contributed by atoms with E-state index in [1.54, 1.807) is 0 Å². The molecule has 0 heterocycles. The number of aryl methyl sites for hydroxylation is 1. The Hall–Kier alpha value is -1.29. The molecule has 0 unspecified atom stereocenters. The minimum absolute atomic E-state index is 0.644. The zero-order valence-corrected chi connectivity index (χ0v) is 8.59. The highest BCUT2D eigenvalue weighted by atomic mass is 14.3. The summed E-state index contributed by atoms with van der Waals surface area (Å²) in [5, 5.41) is 9.05. The molecule has 0 atom stereocenters. The van der Waals surface area contributed by atoms with Crippen LogP contribution >= 0.6 is 0 Å². The van der Waals surface area contributed by atoms with Crippen molar-refractivity contribution in [3.8, 4) is 6.07 Å². The van der Waals surface area contributed by atoms with Gasteiger partial charge in [0.25, 0.3) is 0 Å². The molecule has 0 saturated heterocycles. The molecule has 1 nitrogen and oxygen atoms in total. The maximum Gasteiger partial charge on any atom is 0.0994 e. The first-order chi connectivity index (χ1) is 6.81. The Bertz CT molecular complexity index is 367. The first-order valence-corrected chi connectivity index (χ1v) is 5.32. The van der Waals surface area contributed by atoms with E-state index in [0.29, 0.717) is 5.92 Å². The zero-order chi connectivity index (χ0) is 9.97. The van der Waals surface area contributed by atoms with Gasteiger partial charge in [-0.15, -0.1) is 0 Å². The first-order valence-electron chi connectivity index (χ1n) is 5.32. The topological polar surface area (TPSA) is 23.8 Å². The van der Waals surface area contributed by atoms with E-state index >= 15 is 0 Å². The highest BCUT2D eigenvalue weighted by molar-refractivity contribution is 5.42. The van der Waals surface area contributed by atoms with Gasteiger partial charge in [0.05, 0.1) is 11.6 Å². The van der Waals surface area contributed by atoms with Crippen LogP contribution in [0.5, 0.6) is 0 Å². The van der Waals surface area contributed by atoms with Gasteiger partial charge in [-0.1, -0.05) is 25.0 Å². The molecule has 0 amide bonds. The van der Waals surface area contributed by atoms with Crippen LogP contribution in [0.2, 0.25) is 0 Å². The van der Waals surface area contributed by atoms with Crippen LogP contribution in [0.1, 0.15) is 48.3 Å². The van der Waals surface area contributed by atoms with Gasteiger partial charge in [0.15, 0.2) is 0 Å². The average molecular weight is 185 g/mol. The smallest absolute Gasteiger partial charge is 0.0994 e. The van der Waals surface area contributed by atoms with Crippen LogP contribution in [0.4, 0.5) is 0 Å². The molecular formula is C13H15N. The second-order valence-corrected chi connectivity index (χ2v) is 4.18. The molecule has 1 saturated carbocycles. The van der Waals surface area contributed by atoms with E-state index in [1.165, 1.54) is 36.8 Å². The van der Waals surface area contributed by atoms with Gasteiger partial charge in [0.2, 0.25) is 0 Å². The van der Waals surface area contributed by atoms with E-state index in [0.717, 1.165) is 5.56 Å². The van der Waals surface area contributed by atoms with Gasteiger partial charge in [-0.25, -0.2) is 0 Å². The van der Waals surface area contributed by atoms with Crippen molar-refractivity contribution in [1.29, 1.82) is 5.26 Å². The first kappa shape index (κ1) is 9.27. The van der Waals surface area contributed by atoms with E-state index in [1.807, 2.05) is 13.0 Å². The van der Waals surface area contributed by atoms with Gasteiger partial charge >= 0.3 is 0 Å². The Morgan fingerprint density at radius 3 is 2.64 bits per heavy atom. The van der Waals surface area contributed by atoms with Crippen molar-refractivity contribution in [2.24, 2.45) is 0 Å². The lowest BCUT2D eigenvalue weighted by atomic mass is 9.92. The third-order valence-corrected chi connectivity index (χ3v) is 3.12. The predicted octanol–water partition coefficient (Wildman–Crippen LogP) is 3.52. The fraction of sp³-hybridized carbons (Fsp3) is 0.462. The highest BCUT2D eigenvalue weighted by Gasteiger charge is 2.19. The van der Waals surface area contributed by atoms with Crippen LogP contribution in [-0.2, 0) is 0 Å². The summed E-state index contributed by atoms with van der Waals surface area (Å²) in [4.78, 5) is 0. The van der Waals surface area contributed by atoms with Crippen LogP contribution in [0.15, 0.2) is 18.2 Å². The van der Waals surface area contributed by atoms with Gasteiger partial charge in [-0.2, -0.15) is 5.26 Å². The molecule has 1 heteroatoms. The number of hydrogen-bond acceptors (Lipinski definition) is 1. The molecule has 0 bridgehead atoms. The average Bonchev–Trinajstić information content (AvgIpc) is 2.70. The van der Waals surface area contributed by atoms with Crippen LogP contribution in [0.3, 0.4) is 0 Å². The zero-order valence-electron chi connectivity index (χ0n) is 8.59. The molecular weight excluding hydrogens is 170 g/mol. The molecule has 1 aromatic rings. The predicted molar refractivity (Wildman–Crippen MR) is 57.1 cm³/mol. The molecule has 0 spiro atoms. The lowest BCUT2D eigenvalue weighted by Gasteiger charge is -2.11. The van der Waals surface area contributed by atoms with E-state index < -0.39 is 0 Å². The second-order valence-electron chi connectivity index (χ2n) is 4.18. The molecule has 0 aromatic heterocycles. The van der Waals surface area contributed by atoms with Crippen LogP contribution < -0.4 is 0 Å². The minimum atomic E-state index is 0.644. The van der Waals surface area contributed by atoms with Crippen molar-refractivity contribution < 1.29 is 0 Å². The van der Waals surface area contributed by atoms with E-state index in [-0.39, 0.29) is 0 Å². The lowest BCUT2D eigenvalue weighted by molar-refractivity contribution is 0.721.